The number of phosphoric acid groups is 8. The fourth-order valence-corrected chi connectivity index (χ4v) is 8.87. The second-order valence-corrected chi connectivity index (χ2v) is 17.8. The predicted octanol–water partition coefficient (Wildman–Crippen LogP) is -2.90. The maximum absolute atomic E-state index is 12.3. The van der Waals surface area contributed by atoms with E-state index in [1.165, 1.54) is 0 Å². The third-order valence-corrected chi connectivity index (χ3v) is 10.4. The summed E-state index contributed by atoms with van der Waals surface area (Å²) in [5, 5.41) is 0. The Morgan fingerprint density at radius 2 is 0.432 bits per heavy atom. The summed E-state index contributed by atoms with van der Waals surface area (Å²) < 4.78 is 125. The SMILES string of the molecule is O=P(O)(O)O[C@H]1[C@H](OP(=O)(O)O)[C@@H](OP(=O)(O)O)[C@H](OP(=O)(O)OP(=O)(O)O)[C@H](OP(=O)(O)OP(=O)(O)O)[C@@H]1OP(=O)(O)O. The quantitative estimate of drug-likeness (QED) is 0.0694. The summed E-state index contributed by atoms with van der Waals surface area (Å²) in [6, 6.07) is 0. The number of rotatable bonds is 16. The van der Waals surface area contributed by atoms with Crippen LogP contribution in [-0.4, -0.2) is 105 Å². The van der Waals surface area contributed by atoms with Crippen LogP contribution in [-0.2, 0) is 72.3 Å². The molecule has 0 amide bonds. The normalized spacial score (nSPS) is 29.1. The molecule has 0 aromatic heterocycles. The van der Waals surface area contributed by atoms with Gasteiger partial charge in [0.15, 0.2) is 0 Å². The van der Waals surface area contributed by atoms with Gasteiger partial charge in [-0.2, -0.15) is 8.62 Å². The summed E-state index contributed by atoms with van der Waals surface area (Å²) in [7, 11) is -50.6. The Bertz CT molecular complexity index is 1290. The summed E-state index contributed by atoms with van der Waals surface area (Å²) in [4.78, 5) is 129. The minimum Gasteiger partial charge on any atom is -0.303 e. The first-order valence-corrected chi connectivity index (χ1v) is 21.7. The number of hydrogen-bond acceptors (Lipinski definition) is 16. The van der Waals surface area contributed by atoms with Crippen LogP contribution in [0.15, 0.2) is 0 Å². The molecule has 0 bridgehead atoms. The van der Waals surface area contributed by atoms with Gasteiger partial charge in [0.1, 0.15) is 36.6 Å². The molecule has 0 saturated heterocycles. The topological polar surface area (TPSA) is 494 Å². The van der Waals surface area contributed by atoms with Crippen molar-refractivity contribution in [3.63, 3.8) is 0 Å². The van der Waals surface area contributed by atoms with Crippen LogP contribution in [0.1, 0.15) is 0 Å². The van der Waals surface area contributed by atoms with Crippen molar-refractivity contribution in [2.45, 2.75) is 36.6 Å². The van der Waals surface area contributed by atoms with Gasteiger partial charge < -0.3 is 68.5 Å². The molecule has 0 heterocycles. The Morgan fingerprint density at radius 1 is 0.273 bits per heavy atom. The van der Waals surface area contributed by atoms with Crippen molar-refractivity contribution in [3.8, 4) is 0 Å². The smallest absolute Gasteiger partial charge is 0.303 e. The Balaban J connectivity index is 4.25. The van der Waals surface area contributed by atoms with Crippen LogP contribution >= 0.6 is 62.6 Å². The van der Waals surface area contributed by atoms with Gasteiger partial charge in [0, 0.05) is 0 Å². The molecule has 1 fully saturated rings. The predicted molar refractivity (Wildman–Crippen MR) is 123 cm³/mol. The van der Waals surface area contributed by atoms with Crippen LogP contribution in [0.25, 0.3) is 0 Å². The van der Waals surface area contributed by atoms with E-state index in [1.54, 1.807) is 0 Å². The van der Waals surface area contributed by atoms with Gasteiger partial charge in [-0.15, -0.1) is 0 Å². The molecule has 264 valence electrons. The molecule has 1 saturated carbocycles. The van der Waals surface area contributed by atoms with Crippen LogP contribution in [0.5, 0.6) is 0 Å². The first kappa shape index (κ1) is 43.0. The highest BCUT2D eigenvalue weighted by Gasteiger charge is 2.63. The van der Waals surface area contributed by atoms with Gasteiger partial charge in [-0.25, -0.2) is 36.5 Å². The van der Waals surface area contributed by atoms with E-state index >= 15 is 0 Å². The average Bonchev–Trinajstić information content (AvgIpc) is 2.62. The van der Waals surface area contributed by atoms with E-state index in [9.17, 15) is 85.5 Å². The molecule has 0 aliphatic heterocycles. The zero-order valence-electron chi connectivity index (χ0n) is 19.8. The molecular weight excluding hydrogens is 800 g/mol. The molecular formula is C6H20O30P8. The van der Waals surface area contributed by atoms with Crippen molar-refractivity contribution in [1.29, 1.82) is 0 Å². The van der Waals surface area contributed by atoms with Crippen LogP contribution in [0, 0.1) is 0 Å². The summed E-state index contributed by atoms with van der Waals surface area (Å²) in [5.74, 6) is 0. The maximum Gasteiger partial charge on any atom is 0.481 e. The average molecular weight is 820 g/mol. The second kappa shape index (κ2) is 14.4. The molecule has 0 aromatic rings. The van der Waals surface area contributed by atoms with E-state index in [4.69, 9.17) is 19.6 Å². The fourth-order valence-electron chi connectivity index (χ4n) is 3.09. The van der Waals surface area contributed by atoms with Crippen molar-refractivity contribution in [1.82, 2.24) is 0 Å². The molecule has 14 N–H and O–H groups in total. The second-order valence-electron chi connectivity index (χ2n) is 7.46. The lowest BCUT2D eigenvalue weighted by Gasteiger charge is -2.48. The Morgan fingerprint density at radius 3 is 0.568 bits per heavy atom. The summed E-state index contributed by atoms with van der Waals surface area (Å²) in [6.45, 7) is 0. The van der Waals surface area contributed by atoms with Gasteiger partial charge in [-0.3, -0.25) is 27.1 Å². The van der Waals surface area contributed by atoms with Crippen LogP contribution in [0.3, 0.4) is 0 Å². The van der Waals surface area contributed by atoms with Gasteiger partial charge in [0.25, 0.3) is 0 Å². The van der Waals surface area contributed by atoms with Crippen LogP contribution in [0.2, 0.25) is 0 Å². The van der Waals surface area contributed by atoms with E-state index in [2.05, 4.69) is 35.8 Å². The molecule has 1 aliphatic carbocycles. The summed E-state index contributed by atoms with van der Waals surface area (Å²) in [6.07, 6.45) is -21.0. The highest BCUT2D eigenvalue weighted by molar-refractivity contribution is 7.61. The molecule has 1 rings (SSSR count). The minimum atomic E-state index is -6.58. The first-order chi connectivity index (χ1) is 19.0. The zero-order chi connectivity index (χ0) is 35.1. The lowest BCUT2D eigenvalue weighted by Crippen LogP contribution is -2.66. The molecule has 2 unspecified atom stereocenters. The highest BCUT2D eigenvalue weighted by Crippen LogP contribution is 2.64. The summed E-state index contributed by atoms with van der Waals surface area (Å²) in [5.41, 5.74) is 0. The first-order valence-electron chi connectivity index (χ1n) is 9.50. The number of phosphoric ester groups is 6. The Hall–Kier alpha value is 0.960. The number of hydrogen-bond donors (Lipinski definition) is 14. The third-order valence-electron chi connectivity index (χ3n) is 3.91. The monoisotopic (exact) mass is 820 g/mol. The molecule has 38 heteroatoms. The van der Waals surface area contributed by atoms with Gasteiger partial charge in [0.05, 0.1) is 0 Å². The fraction of sp³-hybridized carbons (Fsp3) is 1.00. The van der Waals surface area contributed by atoms with Gasteiger partial charge >= 0.3 is 62.6 Å². The minimum absolute atomic E-state index is 3.36. The lowest BCUT2D eigenvalue weighted by molar-refractivity contribution is -0.201. The molecule has 30 nitrogen and oxygen atoms in total. The molecule has 1 aliphatic rings. The van der Waals surface area contributed by atoms with E-state index in [0.29, 0.717) is 0 Å². The third kappa shape index (κ3) is 16.9. The molecule has 0 aromatic carbocycles. The van der Waals surface area contributed by atoms with Crippen LogP contribution in [0.4, 0.5) is 0 Å². The van der Waals surface area contributed by atoms with Crippen molar-refractivity contribution >= 4 is 62.6 Å². The Labute approximate surface area is 240 Å². The molecule has 0 spiro atoms. The lowest BCUT2D eigenvalue weighted by atomic mass is 9.85. The van der Waals surface area contributed by atoms with E-state index < -0.39 is 99.2 Å². The van der Waals surface area contributed by atoms with E-state index in [0.717, 1.165) is 0 Å². The Kier molecular flexibility index (Phi) is 14.1. The molecule has 8 atom stereocenters. The maximum atomic E-state index is 12.3. The van der Waals surface area contributed by atoms with Crippen molar-refractivity contribution in [2.24, 2.45) is 0 Å². The zero-order valence-corrected chi connectivity index (χ0v) is 27.0. The van der Waals surface area contributed by atoms with Gasteiger partial charge in [-0.1, -0.05) is 0 Å². The largest absolute Gasteiger partial charge is 0.481 e. The van der Waals surface area contributed by atoms with Crippen molar-refractivity contribution in [3.05, 3.63) is 0 Å². The van der Waals surface area contributed by atoms with E-state index in [1.807, 2.05) is 0 Å². The highest BCUT2D eigenvalue weighted by atomic mass is 31.3. The molecule has 44 heavy (non-hydrogen) atoms. The van der Waals surface area contributed by atoms with E-state index in [-0.39, 0.29) is 0 Å². The van der Waals surface area contributed by atoms with Crippen LogP contribution < -0.4 is 0 Å². The van der Waals surface area contributed by atoms with Crippen molar-refractivity contribution in [2.75, 3.05) is 0 Å². The van der Waals surface area contributed by atoms with Gasteiger partial charge in [-0.05, 0) is 0 Å². The van der Waals surface area contributed by atoms with Gasteiger partial charge in [0.2, 0.25) is 0 Å². The summed E-state index contributed by atoms with van der Waals surface area (Å²) >= 11 is 0. The standard InChI is InChI=1S/C6H20O30P8/c7-37(8,9)29-1-2(30-38(10,11)12)4(32-40(16,17)18)6(34-44(27,28)36-42(22,23)24)5(3(1)31-39(13,14)15)33-43(25,26)35-41(19,20)21/h1-6H,(H,25,26)(H,27,28)(H2,7,8,9)(H2,10,11,12)(H2,13,14,15)(H2,16,17,18)(H2,19,20,21)(H2,22,23,24)/t1-,2-,3+,4+,5-,6+/m0/s1. The van der Waals surface area contributed by atoms with Crippen molar-refractivity contribution < 1.29 is 141 Å². The molecule has 0 radical (unpaired) electrons.